The fourth-order valence-corrected chi connectivity index (χ4v) is 1.78. The molecule has 0 aliphatic rings. The highest BCUT2D eigenvalue weighted by atomic mass is 19.1. The zero-order valence-corrected chi connectivity index (χ0v) is 8.58. The van der Waals surface area contributed by atoms with Crippen molar-refractivity contribution in [3.05, 3.63) is 34.6 Å². The van der Waals surface area contributed by atoms with Crippen LogP contribution in [0.4, 0.5) is 4.39 Å². The highest BCUT2D eigenvalue weighted by Crippen LogP contribution is 2.19. The normalized spacial score (nSPS) is 10.5. The summed E-state index contributed by atoms with van der Waals surface area (Å²) < 4.78 is 13.3. The lowest BCUT2D eigenvalue weighted by Gasteiger charge is -2.11. The molecule has 0 aliphatic heterocycles. The molecule has 0 N–H and O–H groups in total. The maximum atomic E-state index is 13.3. The van der Waals surface area contributed by atoms with Crippen molar-refractivity contribution >= 4 is 0 Å². The van der Waals surface area contributed by atoms with Gasteiger partial charge in [-0.05, 0) is 42.0 Å². The molecule has 0 spiro atoms. The Morgan fingerprint density at radius 3 is 2.15 bits per heavy atom. The highest BCUT2D eigenvalue weighted by Gasteiger charge is 2.09. The highest BCUT2D eigenvalue weighted by molar-refractivity contribution is 5.35. The number of halogens is 1. The lowest BCUT2D eigenvalue weighted by molar-refractivity contribution is 0.605. The lowest BCUT2D eigenvalue weighted by atomic mass is 9.95. The fourth-order valence-electron chi connectivity index (χ4n) is 1.78. The number of hydrogen-bond acceptors (Lipinski definition) is 0. The minimum Gasteiger partial charge on any atom is -0.206 e. The van der Waals surface area contributed by atoms with Gasteiger partial charge in [0.1, 0.15) is 5.82 Å². The number of benzene rings is 1. The van der Waals surface area contributed by atoms with Crippen LogP contribution in [0.2, 0.25) is 0 Å². The van der Waals surface area contributed by atoms with E-state index in [4.69, 9.17) is 0 Å². The van der Waals surface area contributed by atoms with Gasteiger partial charge in [0.2, 0.25) is 0 Å². The maximum absolute atomic E-state index is 13.3. The summed E-state index contributed by atoms with van der Waals surface area (Å²) in [5.74, 6) is -0.170. The predicted molar refractivity (Wildman–Crippen MR) is 53.4 cm³/mol. The van der Waals surface area contributed by atoms with Crippen LogP contribution < -0.4 is 0 Å². The van der Waals surface area contributed by atoms with Crippen LogP contribution in [0, 0.1) is 11.9 Å². The van der Waals surface area contributed by atoms with Gasteiger partial charge in [-0.3, -0.25) is 0 Å². The average molecular weight is 179 g/mol. The monoisotopic (exact) mass is 179 g/mol. The first kappa shape index (κ1) is 10.2. The summed E-state index contributed by atoms with van der Waals surface area (Å²) in [5, 5.41) is 0. The summed E-state index contributed by atoms with van der Waals surface area (Å²) in [6.45, 7) is 6.16. The predicted octanol–water partition coefficient (Wildman–Crippen LogP) is 3.31. The van der Waals surface area contributed by atoms with Crippen LogP contribution in [0.5, 0.6) is 0 Å². The zero-order chi connectivity index (χ0) is 9.84. The maximum Gasteiger partial charge on any atom is 0.134 e. The van der Waals surface area contributed by atoms with Crippen LogP contribution in [-0.4, -0.2) is 0 Å². The molecule has 0 heterocycles. The van der Waals surface area contributed by atoms with Crippen LogP contribution >= 0.6 is 0 Å². The number of aryl methyl sites for hydroxylation is 1. The van der Waals surface area contributed by atoms with Crippen molar-refractivity contribution in [1.82, 2.24) is 0 Å². The van der Waals surface area contributed by atoms with Gasteiger partial charge in [0.05, 0.1) is 0 Å². The third-order valence-corrected chi connectivity index (χ3v) is 2.48. The van der Waals surface area contributed by atoms with Gasteiger partial charge in [0.25, 0.3) is 0 Å². The molecule has 0 fully saturated rings. The van der Waals surface area contributed by atoms with Crippen molar-refractivity contribution in [2.75, 3.05) is 0 Å². The van der Waals surface area contributed by atoms with E-state index in [1.54, 1.807) is 6.07 Å². The minimum atomic E-state index is -0.170. The topological polar surface area (TPSA) is 0 Å². The van der Waals surface area contributed by atoms with Crippen LogP contribution in [0.1, 0.15) is 37.5 Å². The van der Waals surface area contributed by atoms with Gasteiger partial charge in [0, 0.05) is 6.07 Å². The van der Waals surface area contributed by atoms with Gasteiger partial charge >= 0.3 is 0 Å². The standard InChI is InChI=1S/C12H16F/c1-4-9-7-8-12(13)11(6-3)10(9)5-2/h7H,4-6H2,1-3H3. The van der Waals surface area contributed by atoms with Gasteiger partial charge in [-0.1, -0.05) is 20.8 Å². The molecule has 0 amide bonds. The fraction of sp³-hybridized carbons (Fsp3) is 0.500. The second kappa shape index (κ2) is 4.40. The van der Waals surface area contributed by atoms with Gasteiger partial charge in [-0.25, -0.2) is 4.39 Å². The van der Waals surface area contributed by atoms with Gasteiger partial charge in [0.15, 0.2) is 0 Å². The van der Waals surface area contributed by atoms with E-state index in [0.29, 0.717) is 0 Å². The lowest BCUT2D eigenvalue weighted by Crippen LogP contribution is -2.00. The Balaban J connectivity index is 3.27. The van der Waals surface area contributed by atoms with Crippen molar-refractivity contribution in [3.8, 4) is 0 Å². The molecule has 71 valence electrons. The van der Waals surface area contributed by atoms with E-state index in [-0.39, 0.29) is 5.82 Å². The van der Waals surface area contributed by atoms with Crippen LogP contribution in [0.25, 0.3) is 0 Å². The number of rotatable bonds is 3. The van der Waals surface area contributed by atoms with E-state index >= 15 is 0 Å². The third-order valence-electron chi connectivity index (χ3n) is 2.48. The summed E-state index contributed by atoms with van der Waals surface area (Å²) in [6, 6.07) is 4.46. The van der Waals surface area contributed by atoms with E-state index in [0.717, 1.165) is 24.8 Å². The number of hydrogen-bond donors (Lipinski definition) is 0. The Bertz CT molecular complexity index is 289. The zero-order valence-electron chi connectivity index (χ0n) is 8.58. The Kier molecular flexibility index (Phi) is 3.47. The van der Waals surface area contributed by atoms with E-state index in [1.807, 2.05) is 6.92 Å². The molecule has 13 heavy (non-hydrogen) atoms. The molecule has 0 bridgehead atoms. The van der Waals surface area contributed by atoms with Gasteiger partial charge < -0.3 is 0 Å². The van der Waals surface area contributed by atoms with Gasteiger partial charge in [-0.15, -0.1) is 0 Å². The molecule has 0 saturated heterocycles. The second-order valence-electron chi connectivity index (χ2n) is 3.15. The second-order valence-corrected chi connectivity index (χ2v) is 3.15. The van der Waals surface area contributed by atoms with Crippen LogP contribution in [-0.2, 0) is 19.3 Å². The molecule has 0 aromatic heterocycles. The molecule has 0 atom stereocenters. The molecule has 1 aromatic carbocycles. The van der Waals surface area contributed by atoms with Crippen LogP contribution in [0.15, 0.2) is 6.07 Å². The summed E-state index contributed by atoms with van der Waals surface area (Å²) >= 11 is 0. The summed E-state index contributed by atoms with van der Waals surface area (Å²) in [4.78, 5) is 0. The Labute approximate surface area is 79.8 Å². The molecule has 1 heteroatoms. The Morgan fingerprint density at radius 2 is 1.69 bits per heavy atom. The summed E-state index contributed by atoms with van der Waals surface area (Å²) in [7, 11) is 0. The van der Waals surface area contributed by atoms with Crippen molar-refractivity contribution < 1.29 is 4.39 Å². The first-order valence-electron chi connectivity index (χ1n) is 4.95. The molecule has 0 nitrogen and oxygen atoms in total. The van der Waals surface area contributed by atoms with Gasteiger partial charge in [-0.2, -0.15) is 0 Å². The third kappa shape index (κ3) is 1.90. The molecular formula is C12H16F. The molecule has 1 aromatic rings. The summed E-state index contributed by atoms with van der Waals surface area (Å²) in [6.07, 6.45) is 2.64. The van der Waals surface area contributed by atoms with Crippen molar-refractivity contribution in [2.24, 2.45) is 0 Å². The Morgan fingerprint density at radius 1 is 1.08 bits per heavy atom. The summed E-state index contributed by atoms with van der Waals surface area (Å²) in [5.41, 5.74) is 3.27. The average Bonchev–Trinajstić information content (AvgIpc) is 2.17. The molecule has 0 saturated carbocycles. The molecule has 1 rings (SSSR count). The first-order chi connectivity index (χ1) is 6.24. The minimum absolute atomic E-state index is 0.170. The molecule has 0 aliphatic carbocycles. The van der Waals surface area contributed by atoms with E-state index < -0.39 is 0 Å². The van der Waals surface area contributed by atoms with Crippen molar-refractivity contribution in [3.63, 3.8) is 0 Å². The molecular weight excluding hydrogens is 163 g/mol. The first-order valence-corrected chi connectivity index (χ1v) is 4.95. The quantitative estimate of drug-likeness (QED) is 0.667. The van der Waals surface area contributed by atoms with Crippen LogP contribution in [0.3, 0.4) is 0 Å². The largest absolute Gasteiger partial charge is 0.206 e. The van der Waals surface area contributed by atoms with E-state index in [9.17, 15) is 4.39 Å². The SMILES string of the molecule is CCc1c[c]c(F)c(CC)c1CC. The smallest absolute Gasteiger partial charge is 0.134 e. The van der Waals surface area contributed by atoms with E-state index in [2.05, 4.69) is 19.9 Å². The van der Waals surface area contributed by atoms with Crippen molar-refractivity contribution in [1.29, 1.82) is 0 Å². The Hall–Kier alpha value is -0.850. The van der Waals surface area contributed by atoms with Crippen molar-refractivity contribution in [2.45, 2.75) is 40.0 Å². The molecule has 0 unspecified atom stereocenters. The molecule has 1 radical (unpaired) electrons. The van der Waals surface area contributed by atoms with E-state index in [1.165, 1.54) is 11.1 Å².